The van der Waals surface area contributed by atoms with Crippen molar-refractivity contribution in [2.24, 2.45) is 0 Å². The van der Waals surface area contributed by atoms with Crippen LogP contribution in [0, 0.1) is 0 Å². The first-order valence-corrected chi connectivity index (χ1v) is 7.19. The number of carbonyl (C=O) groups excluding carboxylic acids is 1. The Kier molecular flexibility index (Phi) is 2.88. The van der Waals surface area contributed by atoms with Crippen LogP contribution in [0.15, 0.2) is 30.6 Å². The van der Waals surface area contributed by atoms with E-state index in [4.69, 9.17) is 0 Å². The van der Waals surface area contributed by atoms with E-state index in [1.54, 1.807) is 15.9 Å². The SMILES string of the molecule is C[C@@H](C(=O)N1CCn2cnnc2C1)n1nnc2ccccc21. The summed E-state index contributed by atoms with van der Waals surface area (Å²) in [4.78, 5) is 14.5. The first kappa shape index (κ1) is 12.9. The number of aromatic nitrogens is 6. The second-order valence-electron chi connectivity index (χ2n) is 5.40. The molecule has 0 radical (unpaired) electrons. The van der Waals surface area contributed by atoms with Crippen molar-refractivity contribution in [3.05, 3.63) is 36.4 Å². The number of amides is 1. The highest BCUT2D eigenvalue weighted by molar-refractivity contribution is 5.83. The number of benzene rings is 1. The predicted octanol–water partition coefficient (Wildman–Crippen LogP) is 0.626. The van der Waals surface area contributed by atoms with Crippen molar-refractivity contribution >= 4 is 16.9 Å². The molecule has 0 N–H and O–H groups in total. The summed E-state index contributed by atoms with van der Waals surface area (Å²) in [6.45, 7) is 3.71. The number of nitrogens with zero attached hydrogens (tertiary/aromatic N) is 7. The minimum Gasteiger partial charge on any atom is -0.332 e. The Morgan fingerprint density at radius 2 is 2.09 bits per heavy atom. The predicted molar refractivity (Wildman–Crippen MR) is 77.7 cm³/mol. The summed E-state index contributed by atoms with van der Waals surface area (Å²) >= 11 is 0. The zero-order valence-electron chi connectivity index (χ0n) is 12.1. The third kappa shape index (κ3) is 1.95. The largest absolute Gasteiger partial charge is 0.332 e. The molecule has 0 aliphatic carbocycles. The number of hydrogen-bond donors (Lipinski definition) is 0. The van der Waals surface area contributed by atoms with E-state index in [-0.39, 0.29) is 5.91 Å². The van der Waals surface area contributed by atoms with Crippen molar-refractivity contribution in [3.8, 4) is 0 Å². The maximum atomic E-state index is 12.8. The van der Waals surface area contributed by atoms with Crippen LogP contribution in [-0.2, 0) is 17.9 Å². The first-order chi connectivity index (χ1) is 10.7. The van der Waals surface area contributed by atoms with Crippen LogP contribution in [0.2, 0.25) is 0 Å². The highest BCUT2D eigenvalue weighted by Gasteiger charge is 2.27. The van der Waals surface area contributed by atoms with Crippen LogP contribution in [-0.4, -0.2) is 47.1 Å². The normalized spacial score (nSPS) is 15.8. The molecule has 0 bridgehead atoms. The van der Waals surface area contributed by atoms with Gasteiger partial charge in [0.05, 0.1) is 12.1 Å². The summed E-state index contributed by atoms with van der Waals surface area (Å²) in [7, 11) is 0. The van der Waals surface area contributed by atoms with Gasteiger partial charge < -0.3 is 9.47 Å². The highest BCUT2D eigenvalue weighted by Crippen LogP contribution is 2.19. The standard InChI is InChI=1S/C14H15N7O/c1-10(21-12-5-3-2-4-11(12)16-18-21)14(22)19-6-7-20-9-15-17-13(20)8-19/h2-5,9-10H,6-8H2,1H3/t10-/m0/s1. The topological polar surface area (TPSA) is 81.7 Å². The lowest BCUT2D eigenvalue weighted by Gasteiger charge is -2.29. The molecular formula is C14H15N7O. The lowest BCUT2D eigenvalue weighted by atomic mass is 10.2. The highest BCUT2D eigenvalue weighted by atomic mass is 16.2. The van der Waals surface area contributed by atoms with Crippen molar-refractivity contribution in [2.75, 3.05) is 6.54 Å². The molecule has 8 nitrogen and oxygen atoms in total. The number of fused-ring (bicyclic) bond motifs is 2. The fourth-order valence-electron chi connectivity index (χ4n) is 2.80. The molecule has 0 unspecified atom stereocenters. The summed E-state index contributed by atoms with van der Waals surface area (Å²) in [5.74, 6) is 0.833. The zero-order chi connectivity index (χ0) is 15.1. The van der Waals surface area contributed by atoms with Crippen LogP contribution in [0.25, 0.3) is 11.0 Å². The third-order valence-corrected chi connectivity index (χ3v) is 4.05. The van der Waals surface area contributed by atoms with Gasteiger partial charge in [-0.25, -0.2) is 4.68 Å². The number of para-hydroxylation sites is 1. The summed E-state index contributed by atoms with van der Waals surface area (Å²) in [5.41, 5.74) is 1.66. The minimum absolute atomic E-state index is 0.0184. The average molecular weight is 297 g/mol. The maximum Gasteiger partial charge on any atom is 0.247 e. The molecule has 1 aliphatic rings. The van der Waals surface area contributed by atoms with E-state index < -0.39 is 6.04 Å². The van der Waals surface area contributed by atoms with Gasteiger partial charge in [0.2, 0.25) is 5.91 Å². The van der Waals surface area contributed by atoms with Gasteiger partial charge >= 0.3 is 0 Å². The van der Waals surface area contributed by atoms with Crippen molar-refractivity contribution in [1.29, 1.82) is 0 Å². The van der Waals surface area contributed by atoms with Gasteiger partial charge in [-0.15, -0.1) is 15.3 Å². The molecule has 4 rings (SSSR count). The molecule has 1 amide bonds. The Balaban J connectivity index is 1.60. The lowest BCUT2D eigenvalue weighted by molar-refractivity contribution is -0.136. The van der Waals surface area contributed by atoms with Gasteiger partial charge in [-0.3, -0.25) is 4.79 Å². The Labute approximate surface area is 126 Å². The quantitative estimate of drug-likeness (QED) is 0.693. The number of rotatable bonds is 2. The fraction of sp³-hybridized carbons (Fsp3) is 0.357. The molecule has 0 fully saturated rings. The van der Waals surface area contributed by atoms with Gasteiger partial charge in [0, 0.05) is 13.1 Å². The Bertz CT molecular complexity index is 836. The van der Waals surface area contributed by atoms with Gasteiger partial charge in [0.1, 0.15) is 17.9 Å². The van der Waals surface area contributed by atoms with E-state index in [1.807, 2.05) is 35.8 Å². The van der Waals surface area contributed by atoms with Gasteiger partial charge in [0.25, 0.3) is 0 Å². The molecule has 0 saturated carbocycles. The molecule has 8 heteroatoms. The lowest BCUT2D eigenvalue weighted by Crippen LogP contribution is -2.41. The van der Waals surface area contributed by atoms with E-state index in [1.165, 1.54) is 0 Å². The molecule has 3 aromatic rings. The molecule has 22 heavy (non-hydrogen) atoms. The van der Waals surface area contributed by atoms with Gasteiger partial charge in [0.15, 0.2) is 5.82 Å². The monoisotopic (exact) mass is 297 g/mol. The van der Waals surface area contributed by atoms with E-state index >= 15 is 0 Å². The summed E-state index contributed by atoms with van der Waals surface area (Å²) < 4.78 is 3.65. The van der Waals surface area contributed by atoms with Crippen LogP contribution in [0.4, 0.5) is 0 Å². The van der Waals surface area contributed by atoms with Crippen molar-refractivity contribution < 1.29 is 4.79 Å². The van der Waals surface area contributed by atoms with E-state index in [2.05, 4.69) is 20.5 Å². The molecule has 112 valence electrons. The minimum atomic E-state index is -0.401. The first-order valence-electron chi connectivity index (χ1n) is 7.19. The second kappa shape index (κ2) is 4.90. The van der Waals surface area contributed by atoms with E-state index in [9.17, 15) is 4.79 Å². The molecule has 1 aliphatic heterocycles. The summed E-state index contributed by atoms with van der Waals surface area (Å²) in [6, 6.07) is 7.24. The molecule has 1 atom stereocenters. The molecule has 3 heterocycles. The van der Waals surface area contributed by atoms with Gasteiger partial charge in [-0.05, 0) is 19.1 Å². The van der Waals surface area contributed by atoms with Crippen LogP contribution < -0.4 is 0 Å². The van der Waals surface area contributed by atoms with E-state index in [0.29, 0.717) is 13.1 Å². The summed E-state index contributed by atoms with van der Waals surface area (Å²) in [6.07, 6.45) is 1.70. The van der Waals surface area contributed by atoms with Crippen LogP contribution in [0.3, 0.4) is 0 Å². The van der Waals surface area contributed by atoms with Crippen LogP contribution in [0.1, 0.15) is 18.8 Å². The smallest absolute Gasteiger partial charge is 0.247 e. The Morgan fingerprint density at radius 1 is 1.23 bits per heavy atom. The van der Waals surface area contributed by atoms with Crippen LogP contribution >= 0.6 is 0 Å². The maximum absolute atomic E-state index is 12.8. The molecule has 0 spiro atoms. The van der Waals surface area contributed by atoms with Crippen molar-refractivity contribution in [3.63, 3.8) is 0 Å². The zero-order valence-corrected chi connectivity index (χ0v) is 12.1. The van der Waals surface area contributed by atoms with E-state index in [0.717, 1.165) is 23.4 Å². The Morgan fingerprint density at radius 3 is 3.00 bits per heavy atom. The molecular weight excluding hydrogens is 282 g/mol. The average Bonchev–Trinajstić information content (AvgIpc) is 3.19. The number of hydrogen-bond acceptors (Lipinski definition) is 5. The van der Waals surface area contributed by atoms with Crippen molar-refractivity contribution in [1.82, 2.24) is 34.7 Å². The Hall–Kier alpha value is -2.77. The molecule has 0 saturated heterocycles. The van der Waals surface area contributed by atoms with Crippen LogP contribution in [0.5, 0.6) is 0 Å². The summed E-state index contributed by atoms with van der Waals surface area (Å²) in [5, 5.41) is 16.2. The van der Waals surface area contributed by atoms with Crippen molar-refractivity contribution in [2.45, 2.75) is 26.1 Å². The second-order valence-corrected chi connectivity index (χ2v) is 5.40. The number of carbonyl (C=O) groups is 1. The molecule has 2 aromatic heterocycles. The molecule has 1 aromatic carbocycles. The van der Waals surface area contributed by atoms with Gasteiger partial charge in [-0.2, -0.15) is 0 Å². The fourth-order valence-corrected chi connectivity index (χ4v) is 2.80. The van der Waals surface area contributed by atoms with Gasteiger partial charge in [-0.1, -0.05) is 17.3 Å². The third-order valence-electron chi connectivity index (χ3n) is 4.05.